The zero-order valence-electron chi connectivity index (χ0n) is 11.9. The van der Waals surface area contributed by atoms with Crippen LogP contribution in [0.25, 0.3) is 0 Å². The van der Waals surface area contributed by atoms with Crippen molar-refractivity contribution in [2.24, 2.45) is 0 Å². The maximum atomic E-state index is 13.9. The van der Waals surface area contributed by atoms with Gasteiger partial charge in [-0.2, -0.15) is 4.98 Å². The summed E-state index contributed by atoms with van der Waals surface area (Å²) >= 11 is 0. The molecule has 2 rings (SSSR count). The van der Waals surface area contributed by atoms with Crippen molar-refractivity contribution >= 4 is 11.8 Å². The first-order valence-electron chi connectivity index (χ1n) is 7.25. The Morgan fingerprint density at radius 1 is 1.16 bits per heavy atom. The maximum Gasteiger partial charge on any atom is 0.227 e. The number of anilines is 2. The van der Waals surface area contributed by atoms with Crippen molar-refractivity contribution in [1.29, 1.82) is 0 Å². The molecular formula is C14H23FN4. The lowest BCUT2D eigenvalue weighted by Crippen LogP contribution is -2.27. The van der Waals surface area contributed by atoms with Crippen molar-refractivity contribution in [3.8, 4) is 0 Å². The molecule has 5 heteroatoms. The molecule has 1 fully saturated rings. The highest BCUT2D eigenvalue weighted by molar-refractivity contribution is 5.45. The summed E-state index contributed by atoms with van der Waals surface area (Å²) in [7, 11) is 0. The highest BCUT2D eigenvalue weighted by atomic mass is 19.1. The Morgan fingerprint density at radius 2 is 1.84 bits per heavy atom. The first kappa shape index (κ1) is 14.0. The lowest BCUT2D eigenvalue weighted by molar-refractivity contribution is 0.601. The summed E-state index contributed by atoms with van der Waals surface area (Å²) in [6.45, 7) is 6.42. The molecule has 0 atom stereocenters. The molecule has 0 amide bonds. The Bertz CT molecular complexity index is 414. The number of aromatic nitrogens is 2. The molecule has 1 saturated heterocycles. The van der Waals surface area contributed by atoms with Crippen LogP contribution in [-0.4, -0.2) is 29.6 Å². The van der Waals surface area contributed by atoms with Gasteiger partial charge in [0.15, 0.2) is 11.6 Å². The van der Waals surface area contributed by atoms with E-state index in [1.807, 2.05) is 0 Å². The number of rotatable bonds is 4. The van der Waals surface area contributed by atoms with Crippen LogP contribution >= 0.6 is 0 Å². The normalized spacial score (nSPS) is 16.3. The summed E-state index contributed by atoms with van der Waals surface area (Å²) in [4.78, 5) is 10.8. The minimum Gasteiger partial charge on any atom is -0.367 e. The van der Waals surface area contributed by atoms with E-state index in [1.54, 1.807) is 6.92 Å². The second-order valence-electron chi connectivity index (χ2n) is 5.10. The third kappa shape index (κ3) is 3.55. The Balaban J connectivity index is 2.21. The van der Waals surface area contributed by atoms with Crippen LogP contribution in [0.4, 0.5) is 16.2 Å². The minimum absolute atomic E-state index is 0.327. The van der Waals surface area contributed by atoms with Gasteiger partial charge in [0, 0.05) is 19.6 Å². The van der Waals surface area contributed by atoms with Gasteiger partial charge in [-0.25, -0.2) is 9.37 Å². The zero-order chi connectivity index (χ0) is 13.7. The van der Waals surface area contributed by atoms with Gasteiger partial charge in [0.25, 0.3) is 0 Å². The topological polar surface area (TPSA) is 41.1 Å². The Labute approximate surface area is 114 Å². The van der Waals surface area contributed by atoms with Gasteiger partial charge in [0.2, 0.25) is 5.95 Å². The standard InChI is InChI=1S/C14H23FN4/c1-3-8-16-13-12(15)11(2)17-14(18-13)19-9-6-4-5-7-10-19/h3-10H2,1-2H3,(H,16,17,18). The number of hydrogen-bond donors (Lipinski definition) is 1. The molecule has 0 aliphatic carbocycles. The molecule has 106 valence electrons. The van der Waals surface area contributed by atoms with E-state index in [0.717, 1.165) is 38.9 Å². The maximum absolute atomic E-state index is 13.9. The SMILES string of the molecule is CCCNc1nc(N2CCCCCC2)nc(C)c1F. The van der Waals surface area contributed by atoms with Crippen molar-refractivity contribution in [2.75, 3.05) is 29.9 Å². The Hall–Kier alpha value is -1.39. The number of halogens is 1. The third-order valence-corrected chi connectivity index (χ3v) is 3.44. The molecule has 2 heterocycles. The molecule has 1 N–H and O–H groups in total. The van der Waals surface area contributed by atoms with Gasteiger partial charge in [-0.1, -0.05) is 19.8 Å². The van der Waals surface area contributed by atoms with E-state index in [-0.39, 0.29) is 5.82 Å². The molecule has 1 aliphatic rings. The van der Waals surface area contributed by atoms with Crippen molar-refractivity contribution in [3.63, 3.8) is 0 Å². The molecular weight excluding hydrogens is 243 g/mol. The quantitative estimate of drug-likeness (QED) is 0.909. The van der Waals surface area contributed by atoms with E-state index in [1.165, 1.54) is 12.8 Å². The molecule has 4 nitrogen and oxygen atoms in total. The van der Waals surface area contributed by atoms with Crippen molar-refractivity contribution in [1.82, 2.24) is 9.97 Å². The zero-order valence-corrected chi connectivity index (χ0v) is 11.9. The van der Waals surface area contributed by atoms with Gasteiger partial charge in [-0.3, -0.25) is 0 Å². The molecule has 0 saturated carbocycles. The highest BCUT2D eigenvalue weighted by Crippen LogP contribution is 2.21. The molecule has 0 unspecified atom stereocenters. The first-order chi connectivity index (χ1) is 9.22. The summed E-state index contributed by atoms with van der Waals surface area (Å²) in [5.41, 5.74) is 0.424. The Kier molecular flexibility index (Phi) is 4.93. The number of nitrogens with one attached hydrogen (secondary N) is 1. The fourth-order valence-corrected chi connectivity index (χ4v) is 2.32. The van der Waals surface area contributed by atoms with Crippen molar-refractivity contribution < 1.29 is 4.39 Å². The van der Waals surface area contributed by atoms with E-state index in [4.69, 9.17) is 0 Å². The van der Waals surface area contributed by atoms with Crippen LogP contribution in [0.1, 0.15) is 44.7 Å². The molecule has 0 bridgehead atoms. The highest BCUT2D eigenvalue weighted by Gasteiger charge is 2.17. The van der Waals surface area contributed by atoms with Crippen LogP contribution in [-0.2, 0) is 0 Å². The predicted octanol–water partition coefficient (Wildman–Crippen LogP) is 3.13. The van der Waals surface area contributed by atoms with Crippen LogP contribution in [0.2, 0.25) is 0 Å². The van der Waals surface area contributed by atoms with E-state index in [9.17, 15) is 4.39 Å². The number of hydrogen-bond acceptors (Lipinski definition) is 4. The van der Waals surface area contributed by atoms with Crippen LogP contribution in [0.5, 0.6) is 0 Å². The van der Waals surface area contributed by atoms with E-state index in [2.05, 4.69) is 27.1 Å². The fourth-order valence-electron chi connectivity index (χ4n) is 2.32. The smallest absolute Gasteiger partial charge is 0.227 e. The number of aryl methyl sites for hydroxylation is 1. The van der Waals surface area contributed by atoms with E-state index in [0.29, 0.717) is 17.5 Å². The summed E-state index contributed by atoms with van der Waals surface area (Å²) in [5, 5.41) is 3.05. The van der Waals surface area contributed by atoms with Crippen molar-refractivity contribution in [3.05, 3.63) is 11.5 Å². The lowest BCUT2D eigenvalue weighted by atomic mass is 10.2. The third-order valence-electron chi connectivity index (χ3n) is 3.44. The van der Waals surface area contributed by atoms with Gasteiger partial charge < -0.3 is 10.2 Å². The molecule has 1 aromatic rings. The van der Waals surface area contributed by atoms with Crippen LogP contribution in [0, 0.1) is 12.7 Å². The van der Waals surface area contributed by atoms with Gasteiger partial charge in [0.1, 0.15) is 0 Å². The van der Waals surface area contributed by atoms with E-state index >= 15 is 0 Å². The van der Waals surface area contributed by atoms with Crippen LogP contribution < -0.4 is 10.2 Å². The van der Waals surface area contributed by atoms with Crippen LogP contribution in [0.3, 0.4) is 0 Å². The fraction of sp³-hybridized carbons (Fsp3) is 0.714. The van der Waals surface area contributed by atoms with Gasteiger partial charge in [0.05, 0.1) is 5.69 Å². The number of nitrogens with zero attached hydrogens (tertiary/aromatic N) is 3. The molecule has 0 spiro atoms. The summed E-state index contributed by atoms with van der Waals surface area (Å²) in [6, 6.07) is 0. The molecule has 19 heavy (non-hydrogen) atoms. The Morgan fingerprint density at radius 3 is 2.47 bits per heavy atom. The second kappa shape index (κ2) is 6.68. The molecule has 0 radical (unpaired) electrons. The van der Waals surface area contributed by atoms with Gasteiger partial charge in [-0.15, -0.1) is 0 Å². The molecule has 1 aliphatic heterocycles. The largest absolute Gasteiger partial charge is 0.367 e. The van der Waals surface area contributed by atoms with Gasteiger partial charge in [-0.05, 0) is 26.2 Å². The predicted molar refractivity (Wildman–Crippen MR) is 76.2 cm³/mol. The summed E-state index contributed by atoms with van der Waals surface area (Å²) < 4.78 is 13.9. The lowest BCUT2D eigenvalue weighted by Gasteiger charge is -2.21. The van der Waals surface area contributed by atoms with E-state index < -0.39 is 0 Å². The minimum atomic E-state index is -0.327. The molecule has 0 aromatic carbocycles. The average molecular weight is 266 g/mol. The first-order valence-corrected chi connectivity index (χ1v) is 7.25. The molecule has 1 aromatic heterocycles. The average Bonchev–Trinajstić information content (AvgIpc) is 2.69. The summed E-state index contributed by atoms with van der Waals surface area (Å²) in [5.74, 6) is 0.681. The second-order valence-corrected chi connectivity index (χ2v) is 5.10. The summed E-state index contributed by atoms with van der Waals surface area (Å²) in [6.07, 6.45) is 5.80. The van der Waals surface area contributed by atoms with Crippen molar-refractivity contribution in [2.45, 2.75) is 46.0 Å². The monoisotopic (exact) mass is 266 g/mol. The van der Waals surface area contributed by atoms with Crippen LogP contribution in [0.15, 0.2) is 0 Å². The van der Waals surface area contributed by atoms with Gasteiger partial charge >= 0.3 is 0 Å².